The van der Waals surface area contributed by atoms with Gasteiger partial charge in [-0.25, -0.2) is 14.5 Å². The Morgan fingerprint density at radius 2 is 1.44 bits per heavy atom. The number of benzene rings is 4. The number of nitrogens with zero attached hydrogens (tertiary/aromatic N) is 1. The van der Waals surface area contributed by atoms with Gasteiger partial charge in [0.15, 0.2) is 0 Å². The first-order valence-electron chi connectivity index (χ1n) is 12.0. The van der Waals surface area contributed by atoms with Crippen LogP contribution in [0.4, 0.5) is 11.4 Å². The summed E-state index contributed by atoms with van der Waals surface area (Å²) in [6, 6.07) is 25.1. The van der Waals surface area contributed by atoms with E-state index < -0.39 is 23.8 Å². The fraction of sp³-hybridized carbons (Fsp3) is 0.0667. The van der Waals surface area contributed by atoms with Gasteiger partial charge < -0.3 is 14.8 Å². The number of rotatable bonds is 7. The van der Waals surface area contributed by atoms with Crippen LogP contribution in [0.5, 0.6) is 5.75 Å². The molecule has 0 aliphatic carbocycles. The zero-order valence-corrected chi connectivity index (χ0v) is 21.4. The number of amides is 2. The highest BCUT2D eigenvalue weighted by atomic mass is 35.5. The van der Waals surface area contributed by atoms with E-state index in [-0.39, 0.29) is 28.6 Å². The topological polar surface area (TPSA) is 102 Å². The largest absolute Gasteiger partial charge is 0.462 e. The predicted molar refractivity (Wildman–Crippen MR) is 147 cm³/mol. The number of ether oxygens (including phenoxy) is 2. The second kappa shape index (κ2) is 10.8. The maximum Gasteiger partial charge on any atom is 0.343 e. The van der Waals surface area contributed by atoms with Crippen LogP contribution in [0.15, 0.2) is 102 Å². The molecule has 4 aromatic carbocycles. The fourth-order valence-corrected chi connectivity index (χ4v) is 4.30. The Morgan fingerprint density at radius 1 is 0.795 bits per heavy atom. The third-order valence-electron chi connectivity index (χ3n) is 6.01. The highest BCUT2D eigenvalue weighted by molar-refractivity contribution is 6.53. The molecular formula is C30H21ClN2O6. The van der Waals surface area contributed by atoms with Gasteiger partial charge in [0.1, 0.15) is 16.5 Å². The van der Waals surface area contributed by atoms with E-state index in [9.17, 15) is 19.2 Å². The number of nitrogens with one attached hydrogen (secondary N) is 1. The van der Waals surface area contributed by atoms with Crippen molar-refractivity contribution in [1.29, 1.82) is 0 Å². The highest BCUT2D eigenvalue weighted by Gasteiger charge is 2.39. The Balaban J connectivity index is 1.28. The summed E-state index contributed by atoms with van der Waals surface area (Å²) in [7, 11) is 0. The van der Waals surface area contributed by atoms with Crippen LogP contribution in [0, 0.1) is 0 Å². The number of carbonyl (C=O) groups excluding carboxylic acids is 4. The number of hydrogen-bond donors (Lipinski definition) is 1. The SMILES string of the molecule is CCOC(=O)c1ccc(N2C(=O)C(Cl)=C(Nc3ccc(C(=O)Oc4cccc5ccccc45)cc3)C2=O)cc1. The van der Waals surface area contributed by atoms with E-state index in [0.29, 0.717) is 17.0 Å². The van der Waals surface area contributed by atoms with Crippen molar-refractivity contribution in [1.82, 2.24) is 0 Å². The van der Waals surface area contributed by atoms with Gasteiger partial charge in [-0.3, -0.25) is 9.59 Å². The van der Waals surface area contributed by atoms with Gasteiger partial charge in [0.25, 0.3) is 11.8 Å². The first-order valence-corrected chi connectivity index (χ1v) is 12.4. The number of halogens is 1. The second-order valence-corrected chi connectivity index (χ2v) is 8.85. The summed E-state index contributed by atoms with van der Waals surface area (Å²) in [6.45, 7) is 1.92. The van der Waals surface area contributed by atoms with Crippen LogP contribution in [0.2, 0.25) is 0 Å². The molecule has 0 aromatic heterocycles. The minimum atomic E-state index is -0.705. The summed E-state index contributed by atoms with van der Waals surface area (Å²) in [5.41, 5.74) is 1.16. The van der Waals surface area contributed by atoms with Crippen molar-refractivity contribution in [2.45, 2.75) is 6.92 Å². The minimum absolute atomic E-state index is 0.109. The van der Waals surface area contributed by atoms with Gasteiger partial charge in [0.05, 0.1) is 23.4 Å². The maximum atomic E-state index is 13.1. The smallest absolute Gasteiger partial charge is 0.343 e. The van der Waals surface area contributed by atoms with Gasteiger partial charge in [0, 0.05) is 11.1 Å². The van der Waals surface area contributed by atoms with E-state index in [1.807, 2.05) is 36.4 Å². The van der Waals surface area contributed by atoms with E-state index in [4.69, 9.17) is 21.1 Å². The molecule has 8 nitrogen and oxygen atoms in total. The standard InChI is InChI=1S/C30H21ClN2O6/c1-2-38-29(36)19-12-16-22(17-13-19)33-27(34)25(31)26(28(33)35)32-21-14-10-20(11-15-21)30(37)39-24-9-5-7-18-6-3-4-8-23(18)24/h3-17,32H,2H2,1H3. The number of fused-ring (bicyclic) bond motifs is 1. The van der Waals surface area contributed by atoms with Crippen molar-refractivity contribution in [3.8, 4) is 5.75 Å². The Kier molecular flexibility index (Phi) is 7.12. The molecule has 0 fully saturated rings. The van der Waals surface area contributed by atoms with E-state index in [2.05, 4.69) is 5.32 Å². The lowest BCUT2D eigenvalue weighted by Crippen LogP contribution is -2.32. The van der Waals surface area contributed by atoms with E-state index in [1.165, 1.54) is 36.4 Å². The average molecular weight is 541 g/mol. The lowest BCUT2D eigenvalue weighted by atomic mass is 10.1. The number of esters is 2. The van der Waals surface area contributed by atoms with Crippen LogP contribution in [0.3, 0.4) is 0 Å². The Morgan fingerprint density at radius 3 is 2.15 bits per heavy atom. The van der Waals surface area contributed by atoms with E-state index in [0.717, 1.165) is 15.7 Å². The molecule has 194 valence electrons. The second-order valence-electron chi connectivity index (χ2n) is 8.47. The van der Waals surface area contributed by atoms with E-state index >= 15 is 0 Å². The number of hydrogen-bond acceptors (Lipinski definition) is 7. The molecule has 1 heterocycles. The van der Waals surface area contributed by atoms with Crippen molar-refractivity contribution in [2.24, 2.45) is 0 Å². The molecule has 0 spiro atoms. The zero-order chi connectivity index (χ0) is 27.5. The van der Waals surface area contributed by atoms with Crippen LogP contribution in [-0.4, -0.2) is 30.4 Å². The lowest BCUT2D eigenvalue weighted by molar-refractivity contribution is -0.120. The molecule has 0 bridgehead atoms. The number of anilines is 2. The van der Waals surface area contributed by atoms with Crippen molar-refractivity contribution in [3.63, 3.8) is 0 Å². The first-order chi connectivity index (χ1) is 18.9. The van der Waals surface area contributed by atoms with Crippen molar-refractivity contribution < 1.29 is 28.7 Å². The van der Waals surface area contributed by atoms with Gasteiger partial charge in [-0.15, -0.1) is 0 Å². The Labute approximate surface area is 228 Å². The van der Waals surface area contributed by atoms with Crippen LogP contribution >= 0.6 is 11.6 Å². The molecule has 0 saturated carbocycles. The molecule has 1 N–H and O–H groups in total. The Hall–Kier alpha value is -4.95. The molecule has 39 heavy (non-hydrogen) atoms. The molecule has 5 rings (SSSR count). The Bertz CT molecular complexity index is 1640. The van der Waals surface area contributed by atoms with Crippen LogP contribution < -0.4 is 15.0 Å². The van der Waals surface area contributed by atoms with Crippen molar-refractivity contribution in [2.75, 3.05) is 16.8 Å². The van der Waals surface area contributed by atoms with Crippen molar-refractivity contribution in [3.05, 3.63) is 113 Å². The summed E-state index contributed by atoms with van der Waals surface area (Å²) in [4.78, 5) is 51.4. The molecule has 0 unspecified atom stereocenters. The first kappa shape index (κ1) is 25.7. The average Bonchev–Trinajstić information content (AvgIpc) is 3.16. The van der Waals surface area contributed by atoms with E-state index in [1.54, 1.807) is 25.1 Å². The van der Waals surface area contributed by atoms with Gasteiger partial charge in [-0.1, -0.05) is 48.0 Å². The third kappa shape index (κ3) is 5.10. The molecule has 4 aromatic rings. The molecule has 1 aliphatic heterocycles. The van der Waals surface area contributed by atoms with Gasteiger partial charge in [0.2, 0.25) is 0 Å². The number of carbonyl (C=O) groups is 4. The summed E-state index contributed by atoms with van der Waals surface area (Å²) in [6.07, 6.45) is 0. The van der Waals surface area contributed by atoms with Gasteiger partial charge in [-0.05, 0) is 66.9 Å². The summed E-state index contributed by atoms with van der Waals surface area (Å²) in [5.74, 6) is -1.97. The zero-order valence-electron chi connectivity index (χ0n) is 20.6. The summed E-state index contributed by atoms with van der Waals surface area (Å²) >= 11 is 6.22. The lowest BCUT2D eigenvalue weighted by Gasteiger charge is -2.15. The molecule has 2 amide bonds. The quantitative estimate of drug-likeness (QED) is 0.183. The van der Waals surface area contributed by atoms with Crippen LogP contribution in [0.1, 0.15) is 27.6 Å². The molecular weight excluding hydrogens is 520 g/mol. The van der Waals surface area contributed by atoms with Gasteiger partial charge >= 0.3 is 11.9 Å². The molecule has 0 atom stereocenters. The third-order valence-corrected chi connectivity index (χ3v) is 6.36. The molecule has 0 radical (unpaired) electrons. The van der Waals surface area contributed by atoms with Gasteiger partial charge in [-0.2, -0.15) is 0 Å². The normalized spacial score (nSPS) is 13.1. The summed E-state index contributed by atoms with van der Waals surface area (Å²) in [5, 5.41) is 4.35. The predicted octanol–water partition coefficient (Wildman–Crippen LogP) is 5.67. The number of imide groups is 1. The molecule has 0 saturated heterocycles. The summed E-state index contributed by atoms with van der Waals surface area (Å²) < 4.78 is 10.6. The highest BCUT2D eigenvalue weighted by Crippen LogP contribution is 2.31. The monoisotopic (exact) mass is 540 g/mol. The van der Waals surface area contributed by atoms with Crippen molar-refractivity contribution >= 4 is 57.5 Å². The fourth-order valence-electron chi connectivity index (χ4n) is 4.08. The minimum Gasteiger partial charge on any atom is -0.462 e. The van der Waals surface area contributed by atoms with Crippen LogP contribution in [-0.2, 0) is 14.3 Å². The molecule has 9 heteroatoms. The maximum absolute atomic E-state index is 13.1. The van der Waals surface area contributed by atoms with Crippen LogP contribution in [0.25, 0.3) is 10.8 Å². The molecule has 1 aliphatic rings.